The quantitative estimate of drug-likeness (QED) is 0.742. The highest BCUT2D eigenvalue weighted by Gasteiger charge is 2.37. The van der Waals surface area contributed by atoms with Crippen molar-refractivity contribution in [2.75, 3.05) is 23.4 Å². The maximum Gasteiger partial charge on any atom is 0.311 e. The highest BCUT2D eigenvalue weighted by molar-refractivity contribution is 6.35. The van der Waals surface area contributed by atoms with Crippen molar-refractivity contribution < 1.29 is 23.5 Å². The summed E-state index contributed by atoms with van der Waals surface area (Å²) in [4.78, 5) is 37.7. The zero-order chi connectivity index (χ0) is 20.3. The van der Waals surface area contributed by atoms with Gasteiger partial charge in [-0.1, -0.05) is 23.2 Å². The van der Waals surface area contributed by atoms with Gasteiger partial charge in [-0.2, -0.15) is 0 Å². The number of anilines is 2. The predicted molar refractivity (Wildman–Crippen MR) is 103 cm³/mol. The summed E-state index contributed by atoms with van der Waals surface area (Å²) < 4.78 is 17.9. The molecule has 9 heteroatoms. The standard InChI is InChI=1S/C19H15Cl2FN2O4/c20-12-1-6-15(21)16(8-12)24-9-11(7-18(24)26)19(27)28-10-17(25)23-14-4-2-13(22)3-5-14/h1-6,8,11H,7,9-10H2,(H,23,25)/t11-/m1/s1. The first-order valence-electron chi connectivity index (χ1n) is 8.31. The van der Waals surface area contributed by atoms with Crippen molar-refractivity contribution in [2.24, 2.45) is 5.92 Å². The summed E-state index contributed by atoms with van der Waals surface area (Å²) in [5.41, 5.74) is 0.795. The number of hydrogen-bond donors (Lipinski definition) is 1. The maximum atomic E-state index is 12.9. The number of hydrogen-bond acceptors (Lipinski definition) is 4. The highest BCUT2D eigenvalue weighted by atomic mass is 35.5. The van der Waals surface area contributed by atoms with Gasteiger partial charge in [-0.25, -0.2) is 4.39 Å². The van der Waals surface area contributed by atoms with Gasteiger partial charge in [0.05, 0.1) is 16.6 Å². The van der Waals surface area contributed by atoms with E-state index in [1.807, 2.05) is 0 Å². The van der Waals surface area contributed by atoms with Crippen LogP contribution in [0.1, 0.15) is 6.42 Å². The van der Waals surface area contributed by atoms with Crippen molar-refractivity contribution in [3.05, 3.63) is 58.3 Å². The summed E-state index contributed by atoms with van der Waals surface area (Å²) in [7, 11) is 0. The number of halogens is 3. The number of ether oxygens (including phenoxy) is 1. The van der Waals surface area contributed by atoms with Crippen LogP contribution < -0.4 is 10.2 Å². The van der Waals surface area contributed by atoms with Gasteiger partial charge in [0.2, 0.25) is 5.91 Å². The Labute approximate surface area is 170 Å². The fourth-order valence-corrected chi connectivity index (χ4v) is 3.16. The van der Waals surface area contributed by atoms with E-state index in [9.17, 15) is 18.8 Å². The van der Waals surface area contributed by atoms with Gasteiger partial charge in [-0.3, -0.25) is 14.4 Å². The van der Waals surface area contributed by atoms with Crippen molar-refractivity contribution in [3.8, 4) is 0 Å². The van der Waals surface area contributed by atoms with Gasteiger partial charge < -0.3 is 15.0 Å². The summed E-state index contributed by atoms with van der Waals surface area (Å²) in [6.45, 7) is -0.434. The van der Waals surface area contributed by atoms with Gasteiger partial charge in [0.1, 0.15) is 5.82 Å². The summed E-state index contributed by atoms with van der Waals surface area (Å²) in [5, 5.41) is 3.23. The van der Waals surface area contributed by atoms with E-state index < -0.39 is 30.2 Å². The van der Waals surface area contributed by atoms with Crippen molar-refractivity contribution in [2.45, 2.75) is 6.42 Å². The Balaban J connectivity index is 1.55. The second-order valence-corrected chi connectivity index (χ2v) is 7.01. The molecule has 1 saturated heterocycles. The molecule has 146 valence electrons. The molecule has 1 fully saturated rings. The molecule has 0 saturated carbocycles. The second kappa shape index (κ2) is 8.58. The molecule has 1 aliphatic rings. The Morgan fingerprint density at radius 3 is 2.61 bits per heavy atom. The molecule has 0 bridgehead atoms. The third-order valence-electron chi connectivity index (χ3n) is 4.13. The number of carbonyl (C=O) groups excluding carboxylic acids is 3. The molecule has 6 nitrogen and oxygen atoms in total. The lowest BCUT2D eigenvalue weighted by molar-refractivity contribution is -0.151. The Morgan fingerprint density at radius 1 is 1.18 bits per heavy atom. The zero-order valence-electron chi connectivity index (χ0n) is 14.5. The van der Waals surface area contributed by atoms with Crippen LogP contribution in [0.5, 0.6) is 0 Å². The molecule has 1 aliphatic heterocycles. The summed E-state index contributed by atoms with van der Waals surface area (Å²) in [5.74, 6) is -2.68. The van der Waals surface area contributed by atoms with Gasteiger partial charge in [-0.15, -0.1) is 0 Å². The minimum Gasteiger partial charge on any atom is -0.455 e. The molecular weight excluding hydrogens is 410 g/mol. The number of amides is 2. The molecule has 0 unspecified atom stereocenters. The first kappa shape index (κ1) is 20.1. The minimum absolute atomic E-state index is 0.0543. The molecule has 0 aliphatic carbocycles. The largest absolute Gasteiger partial charge is 0.455 e. The molecule has 2 aromatic rings. The summed E-state index contributed by atoms with van der Waals surface area (Å²) >= 11 is 12.1. The van der Waals surface area contributed by atoms with Crippen LogP contribution in [0.4, 0.5) is 15.8 Å². The highest BCUT2D eigenvalue weighted by Crippen LogP contribution is 2.33. The second-order valence-electron chi connectivity index (χ2n) is 6.16. The summed E-state index contributed by atoms with van der Waals surface area (Å²) in [6, 6.07) is 9.88. The van der Waals surface area contributed by atoms with Crippen LogP contribution in [0.3, 0.4) is 0 Å². The van der Waals surface area contributed by atoms with Gasteiger partial charge in [0, 0.05) is 23.7 Å². The van der Waals surface area contributed by atoms with Crippen LogP contribution in [0.2, 0.25) is 10.0 Å². The predicted octanol–water partition coefficient (Wildman–Crippen LogP) is 3.67. The van der Waals surface area contributed by atoms with E-state index in [0.717, 1.165) is 0 Å². The van der Waals surface area contributed by atoms with Crippen molar-refractivity contribution in [1.29, 1.82) is 0 Å². The first-order valence-corrected chi connectivity index (χ1v) is 9.06. The average molecular weight is 425 g/mol. The van der Waals surface area contributed by atoms with E-state index in [0.29, 0.717) is 21.4 Å². The van der Waals surface area contributed by atoms with Crippen LogP contribution in [-0.4, -0.2) is 30.9 Å². The fraction of sp³-hybridized carbons (Fsp3) is 0.211. The van der Waals surface area contributed by atoms with E-state index in [2.05, 4.69) is 5.32 Å². The molecule has 2 amide bonds. The molecule has 0 aromatic heterocycles. The van der Waals surface area contributed by atoms with Gasteiger partial charge in [0.15, 0.2) is 6.61 Å². The Hall–Kier alpha value is -2.64. The van der Waals surface area contributed by atoms with Crippen LogP contribution in [0, 0.1) is 11.7 Å². The fourth-order valence-electron chi connectivity index (χ4n) is 2.78. The van der Waals surface area contributed by atoms with Gasteiger partial charge in [-0.05, 0) is 42.5 Å². The molecule has 1 heterocycles. The lowest BCUT2D eigenvalue weighted by atomic mass is 10.1. The number of nitrogens with zero attached hydrogens (tertiary/aromatic N) is 1. The number of nitrogens with one attached hydrogen (secondary N) is 1. The van der Waals surface area contributed by atoms with E-state index in [1.54, 1.807) is 18.2 Å². The number of carbonyl (C=O) groups is 3. The number of rotatable bonds is 5. The summed E-state index contributed by atoms with van der Waals surface area (Å²) in [6.07, 6.45) is -0.0543. The van der Waals surface area contributed by atoms with E-state index in [1.165, 1.54) is 29.2 Å². The van der Waals surface area contributed by atoms with E-state index in [4.69, 9.17) is 27.9 Å². The molecule has 28 heavy (non-hydrogen) atoms. The molecule has 3 rings (SSSR count). The van der Waals surface area contributed by atoms with Crippen molar-refractivity contribution in [3.63, 3.8) is 0 Å². The molecule has 1 N–H and O–H groups in total. The number of benzene rings is 2. The molecule has 0 spiro atoms. The normalized spacial score (nSPS) is 16.2. The lowest BCUT2D eigenvalue weighted by Gasteiger charge is -2.18. The van der Waals surface area contributed by atoms with Crippen LogP contribution in [-0.2, 0) is 19.1 Å². The molecule has 0 radical (unpaired) electrons. The van der Waals surface area contributed by atoms with E-state index >= 15 is 0 Å². The third-order valence-corrected chi connectivity index (χ3v) is 4.69. The maximum absolute atomic E-state index is 12.9. The molecule has 1 atom stereocenters. The SMILES string of the molecule is O=C(COC(=O)[C@@H]1CC(=O)N(c2cc(Cl)ccc2Cl)C1)Nc1ccc(F)cc1. The monoisotopic (exact) mass is 424 g/mol. The zero-order valence-corrected chi connectivity index (χ0v) is 16.0. The minimum atomic E-state index is -0.721. The lowest BCUT2D eigenvalue weighted by Crippen LogP contribution is -2.28. The van der Waals surface area contributed by atoms with Crippen molar-refractivity contribution in [1.82, 2.24) is 0 Å². The Kier molecular flexibility index (Phi) is 6.16. The topological polar surface area (TPSA) is 75.7 Å². The smallest absolute Gasteiger partial charge is 0.311 e. The third kappa shape index (κ3) is 4.79. The first-order chi connectivity index (χ1) is 13.3. The molecule has 2 aromatic carbocycles. The van der Waals surface area contributed by atoms with Gasteiger partial charge in [0.25, 0.3) is 5.91 Å². The van der Waals surface area contributed by atoms with Gasteiger partial charge >= 0.3 is 5.97 Å². The number of esters is 1. The molecular formula is C19H15Cl2FN2O4. The van der Waals surface area contributed by atoms with Crippen LogP contribution >= 0.6 is 23.2 Å². The van der Waals surface area contributed by atoms with Crippen molar-refractivity contribution >= 4 is 52.4 Å². The van der Waals surface area contributed by atoms with E-state index in [-0.39, 0.29) is 18.9 Å². The van der Waals surface area contributed by atoms with Crippen LogP contribution in [0.25, 0.3) is 0 Å². The van der Waals surface area contributed by atoms with Crippen LogP contribution in [0.15, 0.2) is 42.5 Å². The average Bonchev–Trinajstić information content (AvgIpc) is 3.05. The Morgan fingerprint density at radius 2 is 1.89 bits per heavy atom. The Bertz CT molecular complexity index is 921.